The molecular formula is C15H22N6O. The molecule has 1 amide bonds. The van der Waals surface area contributed by atoms with Crippen molar-refractivity contribution in [3.05, 3.63) is 36.0 Å². The summed E-state index contributed by atoms with van der Waals surface area (Å²) in [5.74, 6) is 1.27. The third-order valence-corrected chi connectivity index (χ3v) is 3.56. The lowest BCUT2D eigenvalue weighted by Gasteiger charge is -2.17. The van der Waals surface area contributed by atoms with Crippen LogP contribution in [0.25, 0.3) is 5.82 Å². The first-order valence-electron chi connectivity index (χ1n) is 7.50. The summed E-state index contributed by atoms with van der Waals surface area (Å²) < 4.78 is 1.81. The summed E-state index contributed by atoms with van der Waals surface area (Å²) in [6, 6.07) is 3.44. The van der Waals surface area contributed by atoms with Crippen LogP contribution in [0.3, 0.4) is 0 Å². The fourth-order valence-corrected chi connectivity index (χ4v) is 2.15. The van der Waals surface area contributed by atoms with Crippen molar-refractivity contribution in [2.24, 2.45) is 0 Å². The molecule has 22 heavy (non-hydrogen) atoms. The second kappa shape index (κ2) is 7.65. The summed E-state index contributed by atoms with van der Waals surface area (Å²) in [5.41, 5.74) is 0.320. The normalized spacial score (nSPS) is 10.9. The Hall–Kier alpha value is -2.28. The van der Waals surface area contributed by atoms with Gasteiger partial charge in [-0.25, -0.2) is 4.98 Å². The maximum atomic E-state index is 12.0. The number of nitrogens with one attached hydrogen (secondary N) is 1. The van der Waals surface area contributed by atoms with E-state index in [9.17, 15) is 4.79 Å². The average Bonchev–Trinajstić information content (AvgIpc) is 2.97. The maximum Gasteiger partial charge on any atom is 0.271 e. The summed E-state index contributed by atoms with van der Waals surface area (Å²) in [5, 5.41) is 10.9. The molecule has 0 aliphatic rings. The molecule has 7 nitrogen and oxygen atoms in total. The lowest BCUT2D eigenvalue weighted by atomic mass is 10.3. The molecule has 2 rings (SSSR count). The summed E-state index contributed by atoms with van der Waals surface area (Å²) in [4.78, 5) is 18.4. The zero-order valence-corrected chi connectivity index (χ0v) is 13.3. The standard InChI is InChI=1S/C15H22N6O/c1-4-20(5-2)10-8-17-15(22)13-6-7-14(19-18-13)21-11-9-16-12(21)3/h6-7,9,11H,4-5,8,10H2,1-3H3,(H,17,22). The van der Waals surface area contributed by atoms with E-state index in [0.717, 1.165) is 25.5 Å². The molecule has 0 aromatic carbocycles. The van der Waals surface area contributed by atoms with Crippen LogP contribution in [0.1, 0.15) is 30.2 Å². The lowest BCUT2D eigenvalue weighted by molar-refractivity contribution is 0.0943. The second-order valence-electron chi connectivity index (χ2n) is 4.90. The molecular weight excluding hydrogens is 280 g/mol. The van der Waals surface area contributed by atoms with Gasteiger partial charge in [-0.05, 0) is 32.1 Å². The molecule has 0 saturated heterocycles. The maximum absolute atomic E-state index is 12.0. The number of carbonyl (C=O) groups is 1. The minimum Gasteiger partial charge on any atom is -0.349 e. The fourth-order valence-electron chi connectivity index (χ4n) is 2.15. The zero-order chi connectivity index (χ0) is 15.9. The van der Waals surface area contributed by atoms with Crippen molar-refractivity contribution < 1.29 is 4.79 Å². The SMILES string of the molecule is CCN(CC)CCNC(=O)c1ccc(-n2ccnc2C)nn1. The molecule has 2 heterocycles. The van der Waals surface area contributed by atoms with Crippen LogP contribution >= 0.6 is 0 Å². The number of hydrogen-bond donors (Lipinski definition) is 1. The predicted molar refractivity (Wildman–Crippen MR) is 84.0 cm³/mol. The van der Waals surface area contributed by atoms with E-state index in [2.05, 4.69) is 39.2 Å². The first-order chi connectivity index (χ1) is 10.7. The number of rotatable bonds is 7. The highest BCUT2D eigenvalue weighted by atomic mass is 16.1. The number of aromatic nitrogens is 4. The molecule has 0 aliphatic heterocycles. The highest BCUT2D eigenvalue weighted by molar-refractivity contribution is 5.92. The molecule has 0 aliphatic carbocycles. The monoisotopic (exact) mass is 302 g/mol. The van der Waals surface area contributed by atoms with Crippen LogP contribution in [0.2, 0.25) is 0 Å². The van der Waals surface area contributed by atoms with E-state index < -0.39 is 0 Å². The van der Waals surface area contributed by atoms with E-state index in [1.807, 2.05) is 17.7 Å². The van der Waals surface area contributed by atoms with Gasteiger partial charge in [-0.15, -0.1) is 10.2 Å². The fraction of sp³-hybridized carbons (Fsp3) is 0.467. The molecule has 0 radical (unpaired) electrons. The zero-order valence-electron chi connectivity index (χ0n) is 13.3. The Morgan fingerprint density at radius 3 is 2.59 bits per heavy atom. The van der Waals surface area contributed by atoms with E-state index in [4.69, 9.17) is 0 Å². The van der Waals surface area contributed by atoms with Crippen LogP contribution in [0.4, 0.5) is 0 Å². The van der Waals surface area contributed by atoms with Gasteiger partial charge in [0, 0.05) is 25.5 Å². The molecule has 0 fully saturated rings. The Morgan fingerprint density at radius 1 is 1.27 bits per heavy atom. The highest BCUT2D eigenvalue weighted by Crippen LogP contribution is 2.06. The van der Waals surface area contributed by atoms with E-state index >= 15 is 0 Å². The van der Waals surface area contributed by atoms with Gasteiger partial charge in [-0.2, -0.15) is 0 Å². The summed E-state index contributed by atoms with van der Waals surface area (Å²) >= 11 is 0. The number of hydrogen-bond acceptors (Lipinski definition) is 5. The van der Waals surface area contributed by atoms with E-state index in [-0.39, 0.29) is 5.91 Å². The minimum atomic E-state index is -0.200. The number of nitrogens with zero attached hydrogens (tertiary/aromatic N) is 5. The summed E-state index contributed by atoms with van der Waals surface area (Å²) in [7, 11) is 0. The number of carbonyl (C=O) groups excluding carboxylic acids is 1. The van der Waals surface area contributed by atoms with Crippen molar-refractivity contribution in [3.8, 4) is 5.82 Å². The van der Waals surface area contributed by atoms with Crippen molar-refractivity contribution in [2.45, 2.75) is 20.8 Å². The topological polar surface area (TPSA) is 75.9 Å². The number of likely N-dealkylation sites (N-methyl/N-ethyl adjacent to an activating group) is 1. The Kier molecular flexibility index (Phi) is 5.60. The van der Waals surface area contributed by atoms with Gasteiger partial charge < -0.3 is 10.2 Å². The molecule has 2 aromatic rings. The summed E-state index contributed by atoms with van der Waals surface area (Å²) in [6.45, 7) is 9.48. The Labute approximate surface area is 130 Å². The van der Waals surface area contributed by atoms with Gasteiger partial charge in [0.2, 0.25) is 0 Å². The van der Waals surface area contributed by atoms with Crippen LogP contribution in [0.5, 0.6) is 0 Å². The van der Waals surface area contributed by atoms with Crippen LogP contribution in [-0.4, -0.2) is 56.7 Å². The first-order valence-corrected chi connectivity index (χ1v) is 7.50. The van der Waals surface area contributed by atoms with Gasteiger partial charge >= 0.3 is 0 Å². The van der Waals surface area contributed by atoms with Crippen LogP contribution in [0, 0.1) is 6.92 Å². The number of aryl methyl sites for hydroxylation is 1. The Balaban J connectivity index is 1.93. The van der Waals surface area contributed by atoms with Gasteiger partial charge in [0.25, 0.3) is 5.91 Å². The lowest BCUT2D eigenvalue weighted by Crippen LogP contribution is -2.35. The van der Waals surface area contributed by atoms with Gasteiger partial charge in [-0.1, -0.05) is 13.8 Å². The smallest absolute Gasteiger partial charge is 0.271 e. The van der Waals surface area contributed by atoms with Gasteiger partial charge in [0.05, 0.1) is 0 Å². The van der Waals surface area contributed by atoms with E-state index in [1.54, 1.807) is 18.3 Å². The molecule has 0 unspecified atom stereocenters. The van der Waals surface area contributed by atoms with Crippen LogP contribution in [0.15, 0.2) is 24.5 Å². The molecule has 1 N–H and O–H groups in total. The van der Waals surface area contributed by atoms with Gasteiger partial charge in [0.1, 0.15) is 5.82 Å². The van der Waals surface area contributed by atoms with Crippen molar-refractivity contribution in [1.29, 1.82) is 0 Å². The predicted octanol–water partition coefficient (Wildman–Crippen LogP) is 1.04. The molecule has 0 saturated carbocycles. The van der Waals surface area contributed by atoms with E-state index in [0.29, 0.717) is 18.1 Å². The molecule has 118 valence electrons. The quantitative estimate of drug-likeness (QED) is 0.827. The van der Waals surface area contributed by atoms with E-state index in [1.165, 1.54) is 0 Å². The molecule has 0 atom stereocenters. The Morgan fingerprint density at radius 2 is 2.05 bits per heavy atom. The largest absolute Gasteiger partial charge is 0.349 e. The summed E-state index contributed by atoms with van der Waals surface area (Å²) in [6.07, 6.45) is 3.51. The van der Waals surface area contributed by atoms with Crippen molar-refractivity contribution in [2.75, 3.05) is 26.2 Å². The van der Waals surface area contributed by atoms with Crippen molar-refractivity contribution in [3.63, 3.8) is 0 Å². The average molecular weight is 302 g/mol. The molecule has 0 spiro atoms. The minimum absolute atomic E-state index is 0.200. The number of imidazole rings is 1. The van der Waals surface area contributed by atoms with Crippen LogP contribution < -0.4 is 5.32 Å². The van der Waals surface area contributed by atoms with Gasteiger partial charge in [0.15, 0.2) is 11.5 Å². The Bertz CT molecular complexity index is 603. The number of amides is 1. The van der Waals surface area contributed by atoms with Crippen molar-refractivity contribution >= 4 is 5.91 Å². The molecule has 2 aromatic heterocycles. The third-order valence-electron chi connectivity index (χ3n) is 3.56. The molecule has 7 heteroatoms. The second-order valence-corrected chi connectivity index (χ2v) is 4.90. The van der Waals surface area contributed by atoms with Crippen molar-refractivity contribution in [1.82, 2.24) is 30.0 Å². The molecule has 0 bridgehead atoms. The van der Waals surface area contributed by atoms with Gasteiger partial charge in [-0.3, -0.25) is 9.36 Å². The van der Waals surface area contributed by atoms with Crippen LogP contribution in [-0.2, 0) is 0 Å². The highest BCUT2D eigenvalue weighted by Gasteiger charge is 2.09. The first kappa shape index (κ1) is 16.1. The third kappa shape index (κ3) is 3.88.